The minimum absolute atomic E-state index is 0.113. The highest BCUT2D eigenvalue weighted by atomic mass is 35.5. The second-order valence-corrected chi connectivity index (χ2v) is 8.31. The Bertz CT molecular complexity index is 1260. The van der Waals surface area contributed by atoms with Crippen LogP contribution in [0.3, 0.4) is 0 Å². The molecule has 176 valence electrons. The van der Waals surface area contributed by atoms with Gasteiger partial charge in [0, 0.05) is 35.3 Å². The molecule has 0 aliphatic rings. The number of nitrogens with zero attached hydrogens (tertiary/aromatic N) is 2. The zero-order chi connectivity index (χ0) is 24.1. The van der Waals surface area contributed by atoms with Gasteiger partial charge in [0.2, 0.25) is 0 Å². The number of hydrogen-bond acceptors (Lipinski definition) is 6. The molecule has 1 aromatic carbocycles. The SMILES string of the molecule is CCc1[nH]c(-c2ccncc2OCC(C)c2ccccn2)c(Nc2cccc(Cl)c2OC)c1N. The summed E-state index contributed by atoms with van der Waals surface area (Å²) in [4.78, 5) is 12.2. The van der Waals surface area contributed by atoms with Gasteiger partial charge in [-0.3, -0.25) is 9.97 Å². The van der Waals surface area contributed by atoms with Gasteiger partial charge in [0.25, 0.3) is 0 Å². The molecule has 0 spiro atoms. The Hall–Kier alpha value is -3.71. The Labute approximate surface area is 204 Å². The summed E-state index contributed by atoms with van der Waals surface area (Å²) in [5.74, 6) is 1.31. The maximum absolute atomic E-state index is 6.55. The molecule has 4 aromatic rings. The Morgan fingerprint density at radius 1 is 1.15 bits per heavy atom. The van der Waals surface area contributed by atoms with Crippen LogP contribution in [-0.2, 0) is 6.42 Å². The largest absolute Gasteiger partial charge is 0.493 e. The molecule has 0 amide bonds. The molecular weight excluding hydrogens is 450 g/mol. The molecule has 4 rings (SSSR count). The van der Waals surface area contributed by atoms with Crippen molar-refractivity contribution in [1.29, 1.82) is 0 Å². The van der Waals surface area contributed by atoms with E-state index < -0.39 is 0 Å². The molecule has 0 bridgehead atoms. The van der Waals surface area contributed by atoms with Crippen molar-refractivity contribution in [3.63, 3.8) is 0 Å². The average molecular weight is 478 g/mol. The van der Waals surface area contributed by atoms with E-state index in [4.69, 9.17) is 26.8 Å². The lowest BCUT2D eigenvalue weighted by molar-refractivity contribution is 0.294. The van der Waals surface area contributed by atoms with Crippen LogP contribution in [0.4, 0.5) is 17.1 Å². The highest BCUT2D eigenvalue weighted by Gasteiger charge is 2.21. The van der Waals surface area contributed by atoms with Crippen LogP contribution in [0.25, 0.3) is 11.3 Å². The van der Waals surface area contributed by atoms with Crippen LogP contribution >= 0.6 is 11.6 Å². The average Bonchev–Trinajstić information content (AvgIpc) is 3.18. The third kappa shape index (κ3) is 4.79. The smallest absolute Gasteiger partial charge is 0.160 e. The first-order chi connectivity index (χ1) is 16.5. The zero-order valence-electron chi connectivity index (χ0n) is 19.4. The van der Waals surface area contributed by atoms with Gasteiger partial charge in [-0.2, -0.15) is 0 Å². The van der Waals surface area contributed by atoms with Crippen molar-refractivity contribution in [3.8, 4) is 22.8 Å². The Morgan fingerprint density at radius 3 is 2.74 bits per heavy atom. The predicted octanol–water partition coefficient (Wildman–Crippen LogP) is 6.20. The minimum atomic E-state index is 0.113. The third-order valence-corrected chi connectivity index (χ3v) is 5.94. The molecule has 8 heteroatoms. The van der Waals surface area contributed by atoms with E-state index in [2.05, 4.69) is 27.2 Å². The number of nitrogens with one attached hydrogen (secondary N) is 2. The number of methoxy groups -OCH3 is 1. The fourth-order valence-corrected chi connectivity index (χ4v) is 4.05. The second kappa shape index (κ2) is 10.5. The van der Waals surface area contributed by atoms with Gasteiger partial charge in [-0.1, -0.05) is 37.6 Å². The molecule has 1 unspecified atom stereocenters. The fraction of sp³-hybridized carbons (Fsp3) is 0.231. The Morgan fingerprint density at radius 2 is 2.00 bits per heavy atom. The van der Waals surface area contributed by atoms with Crippen molar-refractivity contribution < 1.29 is 9.47 Å². The van der Waals surface area contributed by atoms with Gasteiger partial charge in [0.05, 0.1) is 47.7 Å². The number of pyridine rings is 2. The molecule has 0 radical (unpaired) electrons. The number of nitrogen functional groups attached to an aromatic ring is 1. The van der Waals surface area contributed by atoms with E-state index in [1.165, 1.54) is 0 Å². The van der Waals surface area contributed by atoms with E-state index in [9.17, 15) is 0 Å². The van der Waals surface area contributed by atoms with Gasteiger partial charge >= 0.3 is 0 Å². The second-order valence-electron chi connectivity index (χ2n) is 7.90. The molecule has 3 aromatic heterocycles. The minimum Gasteiger partial charge on any atom is -0.493 e. The van der Waals surface area contributed by atoms with Crippen molar-refractivity contribution in [1.82, 2.24) is 15.0 Å². The van der Waals surface area contributed by atoms with Gasteiger partial charge in [-0.15, -0.1) is 0 Å². The number of halogens is 1. The first kappa shape index (κ1) is 23.4. The van der Waals surface area contributed by atoms with Crippen LogP contribution in [0.15, 0.2) is 61.1 Å². The standard InChI is InChI=1S/C26H28ClN5O2/c1-4-19-23(28)25(32-21-10-7-8-18(27)26(21)33-3)24(31-19)17-11-13-29-14-22(17)34-15-16(2)20-9-5-6-12-30-20/h5-14,16,31-32H,4,15,28H2,1-3H3. The first-order valence-electron chi connectivity index (χ1n) is 11.1. The topological polar surface area (TPSA) is 98.1 Å². The summed E-state index contributed by atoms with van der Waals surface area (Å²) in [7, 11) is 1.59. The summed E-state index contributed by atoms with van der Waals surface area (Å²) in [5, 5.41) is 3.93. The molecule has 1 atom stereocenters. The van der Waals surface area contributed by atoms with Gasteiger partial charge in [0.1, 0.15) is 5.75 Å². The molecule has 0 aliphatic carbocycles. The molecule has 34 heavy (non-hydrogen) atoms. The maximum Gasteiger partial charge on any atom is 0.160 e. The quantitative estimate of drug-likeness (QED) is 0.265. The molecule has 0 fully saturated rings. The molecule has 0 saturated heterocycles. The van der Waals surface area contributed by atoms with E-state index in [0.29, 0.717) is 34.5 Å². The van der Waals surface area contributed by atoms with E-state index in [1.807, 2.05) is 43.3 Å². The number of nitrogens with two attached hydrogens (primary N) is 1. The van der Waals surface area contributed by atoms with Crippen molar-refractivity contribution in [2.45, 2.75) is 26.2 Å². The number of anilines is 3. The summed E-state index contributed by atoms with van der Waals surface area (Å²) < 4.78 is 11.7. The fourth-order valence-electron chi connectivity index (χ4n) is 3.80. The lowest BCUT2D eigenvalue weighted by Gasteiger charge is -2.17. The maximum atomic E-state index is 6.55. The van der Waals surface area contributed by atoms with E-state index >= 15 is 0 Å². The highest BCUT2D eigenvalue weighted by Crippen LogP contribution is 2.43. The number of aromatic amines is 1. The molecule has 0 saturated carbocycles. The summed E-state index contributed by atoms with van der Waals surface area (Å²) in [6.07, 6.45) is 5.98. The first-order valence-corrected chi connectivity index (χ1v) is 11.5. The van der Waals surface area contributed by atoms with E-state index in [-0.39, 0.29) is 5.92 Å². The van der Waals surface area contributed by atoms with Crippen molar-refractivity contribution in [2.24, 2.45) is 0 Å². The van der Waals surface area contributed by atoms with E-state index in [1.54, 1.807) is 31.8 Å². The number of H-pyrrole nitrogens is 1. The lowest BCUT2D eigenvalue weighted by Crippen LogP contribution is -2.09. The Balaban J connectivity index is 1.70. The van der Waals surface area contributed by atoms with Gasteiger partial charge in [-0.05, 0) is 36.8 Å². The van der Waals surface area contributed by atoms with Crippen LogP contribution in [0, 0.1) is 0 Å². The molecule has 4 N–H and O–H groups in total. The van der Waals surface area contributed by atoms with Crippen molar-refractivity contribution in [3.05, 3.63) is 77.5 Å². The van der Waals surface area contributed by atoms with Crippen LogP contribution < -0.4 is 20.5 Å². The van der Waals surface area contributed by atoms with Gasteiger partial charge in [-0.25, -0.2) is 0 Å². The number of aromatic nitrogens is 3. The summed E-state index contributed by atoms with van der Waals surface area (Å²) in [6.45, 7) is 4.59. The molecule has 7 nitrogen and oxygen atoms in total. The Kier molecular flexibility index (Phi) is 7.23. The number of para-hydroxylation sites is 1. The molecule has 0 aliphatic heterocycles. The predicted molar refractivity (Wildman–Crippen MR) is 137 cm³/mol. The highest BCUT2D eigenvalue weighted by molar-refractivity contribution is 6.32. The van der Waals surface area contributed by atoms with E-state index in [0.717, 1.165) is 34.8 Å². The summed E-state index contributed by atoms with van der Waals surface area (Å²) >= 11 is 6.33. The van der Waals surface area contributed by atoms with Crippen LogP contribution in [-0.4, -0.2) is 28.7 Å². The number of benzene rings is 1. The summed E-state index contributed by atoms with van der Waals surface area (Å²) in [5.41, 5.74) is 12.2. The number of ether oxygens (including phenoxy) is 2. The van der Waals surface area contributed by atoms with Crippen molar-refractivity contribution >= 4 is 28.7 Å². The van der Waals surface area contributed by atoms with Gasteiger partial charge < -0.3 is 25.5 Å². The molecular formula is C26H28ClN5O2. The monoisotopic (exact) mass is 477 g/mol. The third-order valence-electron chi connectivity index (χ3n) is 5.64. The normalized spacial score (nSPS) is 11.8. The molecule has 3 heterocycles. The van der Waals surface area contributed by atoms with Crippen LogP contribution in [0.1, 0.15) is 31.2 Å². The van der Waals surface area contributed by atoms with Crippen LogP contribution in [0.2, 0.25) is 5.02 Å². The number of hydrogen-bond donors (Lipinski definition) is 3. The van der Waals surface area contributed by atoms with Crippen LogP contribution in [0.5, 0.6) is 11.5 Å². The van der Waals surface area contributed by atoms with Gasteiger partial charge in [0.15, 0.2) is 5.75 Å². The number of rotatable bonds is 9. The number of aryl methyl sites for hydroxylation is 1. The lowest BCUT2D eigenvalue weighted by atomic mass is 10.1. The van der Waals surface area contributed by atoms with Crippen molar-refractivity contribution in [2.75, 3.05) is 24.8 Å². The zero-order valence-corrected chi connectivity index (χ0v) is 20.2. The summed E-state index contributed by atoms with van der Waals surface area (Å²) in [6, 6.07) is 13.3.